The Labute approximate surface area is 126 Å². The minimum absolute atomic E-state index is 0.0443. The molecule has 1 heterocycles. The van der Waals surface area contributed by atoms with Crippen molar-refractivity contribution in [2.24, 2.45) is 0 Å². The fourth-order valence-corrected chi connectivity index (χ4v) is 2.18. The molecule has 2 N–H and O–H groups in total. The number of carboxylic acid groups (broad SMARTS) is 1. The lowest BCUT2D eigenvalue weighted by Gasteiger charge is -2.12. The Hall–Kier alpha value is -2.40. The van der Waals surface area contributed by atoms with Gasteiger partial charge in [0.15, 0.2) is 0 Å². The molecule has 1 aromatic carbocycles. The second-order valence-corrected chi connectivity index (χ2v) is 5.00. The molecule has 2 aromatic rings. The van der Waals surface area contributed by atoms with Gasteiger partial charge in [0.2, 0.25) is 0 Å². The van der Waals surface area contributed by atoms with Crippen molar-refractivity contribution in [1.82, 2.24) is 4.98 Å². The summed E-state index contributed by atoms with van der Waals surface area (Å²) in [6, 6.07) is 7.97. The van der Waals surface area contributed by atoms with Crippen molar-refractivity contribution in [2.45, 2.75) is 13.8 Å². The number of rotatable bonds is 3. The van der Waals surface area contributed by atoms with Gasteiger partial charge >= 0.3 is 5.97 Å². The molecule has 0 spiro atoms. The standard InChI is InChI=1S/C15H13ClN2O3/c1-8-6-9(2)13(10(7-8)15(20)21)18-14(19)11-4-3-5-12(16)17-11/h3-7H,1-2H3,(H,18,19)(H,20,21). The Morgan fingerprint density at radius 2 is 1.95 bits per heavy atom. The van der Waals surface area contributed by atoms with Crippen molar-refractivity contribution >= 4 is 29.2 Å². The lowest BCUT2D eigenvalue weighted by Crippen LogP contribution is -2.17. The summed E-state index contributed by atoms with van der Waals surface area (Å²) in [4.78, 5) is 27.4. The molecule has 6 heteroatoms. The molecule has 0 bridgehead atoms. The molecule has 1 amide bonds. The van der Waals surface area contributed by atoms with Crippen LogP contribution in [0.1, 0.15) is 32.0 Å². The number of nitrogens with zero attached hydrogens (tertiary/aromatic N) is 1. The quantitative estimate of drug-likeness (QED) is 0.853. The van der Waals surface area contributed by atoms with E-state index in [0.29, 0.717) is 5.56 Å². The maximum Gasteiger partial charge on any atom is 0.337 e. The molecule has 0 saturated carbocycles. The third-order valence-electron chi connectivity index (χ3n) is 2.90. The highest BCUT2D eigenvalue weighted by Crippen LogP contribution is 2.23. The van der Waals surface area contributed by atoms with E-state index in [4.69, 9.17) is 11.6 Å². The number of nitrogens with one attached hydrogen (secondary N) is 1. The summed E-state index contributed by atoms with van der Waals surface area (Å²) in [7, 11) is 0. The Balaban J connectivity index is 2.39. The van der Waals surface area contributed by atoms with E-state index in [9.17, 15) is 14.7 Å². The molecule has 2 rings (SSSR count). The van der Waals surface area contributed by atoms with Gasteiger partial charge in [-0.05, 0) is 43.2 Å². The van der Waals surface area contributed by atoms with Crippen LogP contribution < -0.4 is 5.32 Å². The first kappa shape index (κ1) is 15.0. The number of carboxylic acids is 1. The van der Waals surface area contributed by atoms with Crippen molar-refractivity contribution < 1.29 is 14.7 Å². The smallest absolute Gasteiger partial charge is 0.337 e. The highest BCUT2D eigenvalue weighted by molar-refractivity contribution is 6.29. The lowest BCUT2D eigenvalue weighted by atomic mass is 10.0. The summed E-state index contributed by atoms with van der Waals surface area (Å²) in [6.07, 6.45) is 0. The average molecular weight is 305 g/mol. The van der Waals surface area contributed by atoms with Gasteiger partial charge in [0.1, 0.15) is 10.8 Å². The predicted molar refractivity (Wildman–Crippen MR) is 80.1 cm³/mol. The zero-order valence-corrected chi connectivity index (χ0v) is 12.2. The Kier molecular flexibility index (Phi) is 4.23. The molecule has 0 fully saturated rings. The van der Waals surface area contributed by atoms with E-state index in [1.54, 1.807) is 32.0 Å². The minimum atomic E-state index is -1.10. The van der Waals surface area contributed by atoms with Crippen LogP contribution in [0.4, 0.5) is 5.69 Å². The fraction of sp³-hybridized carbons (Fsp3) is 0.133. The number of benzene rings is 1. The van der Waals surface area contributed by atoms with E-state index >= 15 is 0 Å². The summed E-state index contributed by atoms with van der Waals surface area (Å²) >= 11 is 5.74. The van der Waals surface area contributed by atoms with Crippen molar-refractivity contribution in [3.8, 4) is 0 Å². The van der Waals surface area contributed by atoms with Gasteiger partial charge < -0.3 is 10.4 Å². The van der Waals surface area contributed by atoms with Gasteiger partial charge in [-0.1, -0.05) is 23.7 Å². The van der Waals surface area contributed by atoms with Crippen LogP contribution >= 0.6 is 11.6 Å². The zero-order valence-electron chi connectivity index (χ0n) is 11.5. The van der Waals surface area contributed by atoms with Crippen LogP contribution in [-0.4, -0.2) is 22.0 Å². The van der Waals surface area contributed by atoms with Gasteiger partial charge in [-0.2, -0.15) is 0 Å². The third kappa shape index (κ3) is 3.38. The molecule has 0 radical (unpaired) electrons. The van der Waals surface area contributed by atoms with Crippen molar-refractivity contribution in [1.29, 1.82) is 0 Å². The van der Waals surface area contributed by atoms with E-state index in [1.807, 2.05) is 0 Å². The van der Waals surface area contributed by atoms with Crippen LogP contribution in [0.3, 0.4) is 0 Å². The van der Waals surface area contributed by atoms with Crippen molar-refractivity contribution in [3.63, 3.8) is 0 Å². The number of halogens is 1. The number of aromatic carboxylic acids is 1. The summed E-state index contributed by atoms with van der Waals surface area (Å²) in [5, 5.41) is 12.0. The topological polar surface area (TPSA) is 79.3 Å². The number of amides is 1. The van der Waals surface area contributed by atoms with Crippen LogP contribution in [0.2, 0.25) is 5.15 Å². The first-order chi connectivity index (χ1) is 9.88. The lowest BCUT2D eigenvalue weighted by molar-refractivity contribution is 0.0698. The average Bonchev–Trinajstić information content (AvgIpc) is 2.41. The highest BCUT2D eigenvalue weighted by Gasteiger charge is 2.17. The van der Waals surface area contributed by atoms with E-state index in [1.165, 1.54) is 12.1 Å². The Bertz CT molecular complexity index is 729. The molecule has 0 aliphatic rings. The molecule has 21 heavy (non-hydrogen) atoms. The Morgan fingerprint density at radius 1 is 1.24 bits per heavy atom. The van der Waals surface area contributed by atoms with E-state index in [-0.39, 0.29) is 22.1 Å². The number of anilines is 1. The molecule has 0 saturated heterocycles. The third-order valence-corrected chi connectivity index (χ3v) is 3.11. The van der Waals surface area contributed by atoms with E-state index in [0.717, 1.165) is 5.56 Å². The number of carbonyl (C=O) groups excluding carboxylic acids is 1. The molecular formula is C15H13ClN2O3. The van der Waals surface area contributed by atoms with E-state index < -0.39 is 11.9 Å². The van der Waals surface area contributed by atoms with Crippen LogP contribution in [0, 0.1) is 13.8 Å². The highest BCUT2D eigenvalue weighted by atomic mass is 35.5. The first-order valence-electron chi connectivity index (χ1n) is 6.17. The van der Waals surface area contributed by atoms with Crippen LogP contribution in [0.15, 0.2) is 30.3 Å². The van der Waals surface area contributed by atoms with Gasteiger partial charge in [0.05, 0.1) is 11.3 Å². The number of hydrogen-bond acceptors (Lipinski definition) is 3. The number of aromatic nitrogens is 1. The number of hydrogen-bond donors (Lipinski definition) is 2. The predicted octanol–water partition coefficient (Wildman–Crippen LogP) is 3.30. The molecule has 0 atom stereocenters. The van der Waals surface area contributed by atoms with Crippen molar-refractivity contribution in [2.75, 3.05) is 5.32 Å². The fourth-order valence-electron chi connectivity index (χ4n) is 2.01. The van der Waals surface area contributed by atoms with E-state index in [2.05, 4.69) is 10.3 Å². The van der Waals surface area contributed by atoms with Gasteiger partial charge in [0, 0.05) is 0 Å². The van der Waals surface area contributed by atoms with Gasteiger partial charge in [-0.25, -0.2) is 9.78 Å². The summed E-state index contributed by atoms with van der Waals surface area (Å²) < 4.78 is 0. The number of aryl methyl sites for hydroxylation is 2. The monoisotopic (exact) mass is 304 g/mol. The second-order valence-electron chi connectivity index (χ2n) is 4.61. The number of carbonyl (C=O) groups is 2. The minimum Gasteiger partial charge on any atom is -0.478 e. The Morgan fingerprint density at radius 3 is 2.57 bits per heavy atom. The van der Waals surface area contributed by atoms with Gasteiger partial charge in [-0.15, -0.1) is 0 Å². The molecule has 1 aromatic heterocycles. The van der Waals surface area contributed by atoms with Gasteiger partial charge in [-0.3, -0.25) is 4.79 Å². The van der Waals surface area contributed by atoms with Crippen LogP contribution in [0.5, 0.6) is 0 Å². The molecule has 0 aliphatic heterocycles. The van der Waals surface area contributed by atoms with Crippen LogP contribution in [0.25, 0.3) is 0 Å². The number of pyridine rings is 1. The van der Waals surface area contributed by atoms with Gasteiger partial charge in [0.25, 0.3) is 5.91 Å². The molecule has 0 aliphatic carbocycles. The second kappa shape index (κ2) is 5.93. The van der Waals surface area contributed by atoms with Crippen LogP contribution in [-0.2, 0) is 0 Å². The summed E-state index contributed by atoms with van der Waals surface area (Å²) in [5.74, 6) is -1.61. The normalized spacial score (nSPS) is 10.2. The molecule has 0 unspecified atom stereocenters. The molecular weight excluding hydrogens is 292 g/mol. The molecule has 5 nitrogen and oxygen atoms in total. The summed E-state index contributed by atoms with van der Waals surface area (Å²) in [6.45, 7) is 3.53. The first-order valence-corrected chi connectivity index (χ1v) is 6.54. The summed E-state index contributed by atoms with van der Waals surface area (Å²) in [5.41, 5.74) is 1.91. The SMILES string of the molecule is Cc1cc(C)c(NC(=O)c2cccc(Cl)n2)c(C(=O)O)c1. The largest absolute Gasteiger partial charge is 0.478 e. The molecule has 108 valence electrons. The zero-order chi connectivity index (χ0) is 15.6. The maximum atomic E-state index is 12.2. The van der Waals surface area contributed by atoms with Crippen molar-refractivity contribution in [3.05, 3.63) is 57.9 Å². The maximum absolute atomic E-state index is 12.2.